The molecule has 228 valence electrons. The molecule has 9 nitrogen and oxygen atoms in total. The summed E-state index contributed by atoms with van der Waals surface area (Å²) in [5.41, 5.74) is -0.253. The Morgan fingerprint density at radius 2 is 1.15 bits per heavy atom. The van der Waals surface area contributed by atoms with Gasteiger partial charge in [-0.15, -0.1) is 0 Å². The van der Waals surface area contributed by atoms with Crippen LogP contribution in [0.15, 0.2) is 24.3 Å². The van der Waals surface area contributed by atoms with Gasteiger partial charge in [-0.05, 0) is 69.7 Å². The Bertz CT molecular complexity index is 1260. The molecule has 0 heterocycles. The van der Waals surface area contributed by atoms with Crippen molar-refractivity contribution in [1.29, 1.82) is 0 Å². The molecule has 0 saturated carbocycles. The van der Waals surface area contributed by atoms with Gasteiger partial charge in [-0.3, -0.25) is 0 Å². The van der Waals surface area contributed by atoms with Gasteiger partial charge in [-0.1, -0.05) is 41.5 Å². The molecule has 9 heteroatoms. The molecule has 0 fully saturated rings. The van der Waals surface area contributed by atoms with Crippen molar-refractivity contribution in [3.8, 4) is 34.1 Å². The van der Waals surface area contributed by atoms with Crippen molar-refractivity contribution in [2.24, 2.45) is 0 Å². The van der Waals surface area contributed by atoms with Crippen LogP contribution in [0.5, 0.6) is 23.0 Å². The molecular formula is C32H46O9. The average molecular weight is 575 g/mol. The molecule has 41 heavy (non-hydrogen) atoms. The van der Waals surface area contributed by atoms with Gasteiger partial charge in [0.05, 0.1) is 14.2 Å². The summed E-state index contributed by atoms with van der Waals surface area (Å²) >= 11 is 0. The predicted molar refractivity (Wildman–Crippen MR) is 157 cm³/mol. The van der Waals surface area contributed by atoms with Crippen LogP contribution in [0.4, 0.5) is 9.59 Å². The molecule has 2 aromatic rings. The van der Waals surface area contributed by atoms with Gasteiger partial charge in [0.25, 0.3) is 0 Å². The van der Waals surface area contributed by atoms with Crippen LogP contribution in [0.3, 0.4) is 0 Å². The Morgan fingerprint density at radius 1 is 0.683 bits per heavy atom. The molecule has 0 aliphatic carbocycles. The Labute approximate surface area is 244 Å². The summed E-state index contributed by atoms with van der Waals surface area (Å²) in [6.45, 7) is 20.2. The lowest BCUT2D eigenvalue weighted by atomic mass is 9.81. The topological polar surface area (TPSA) is 110 Å². The monoisotopic (exact) mass is 574 g/mol. The van der Waals surface area contributed by atoms with E-state index in [9.17, 15) is 14.7 Å². The Kier molecular flexibility index (Phi) is 9.90. The Morgan fingerprint density at radius 3 is 1.61 bits per heavy atom. The van der Waals surface area contributed by atoms with E-state index in [-0.39, 0.29) is 17.8 Å². The van der Waals surface area contributed by atoms with E-state index in [0.717, 1.165) is 5.56 Å². The number of carbonyl (C=O) groups is 2. The third kappa shape index (κ3) is 9.20. The fourth-order valence-electron chi connectivity index (χ4n) is 4.00. The second-order valence-electron chi connectivity index (χ2n) is 13.6. The van der Waals surface area contributed by atoms with Gasteiger partial charge in [0.2, 0.25) is 0 Å². The number of methoxy groups -OCH3 is 2. The van der Waals surface area contributed by atoms with Gasteiger partial charge in [0.15, 0.2) is 0 Å². The van der Waals surface area contributed by atoms with Crippen molar-refractivity contribution >= 4 is 12.3 Å². The number of ether oxygens (including phenoxy) is 6. The molecule has 0 aliphatic heterocycles. The van der Waals surface area contributed by atoms with E-state index >= 15 is 0 Å². The first-order chi connectivity index (χ1) is 18.6. The Balaban J connectivity index is 2.59. The molecule has 0 saturated heterocycles. The molecule has 0 unspecified atom stereocenters. The number of hydrogen-bond acceptors (Lipinski definition) is 9. The smallest absolute Gasteiger partial charge is 0.507 e. The largest absolute Gasteiger partial charge is 0.519 e. The molecule has 0 radical (unpaired) electrons. The van der Waals surface area contributed by atoms with E-state index < -0.39 is 28.9 Å². The van der Waals surface area contributed by atoms with Gasteiger partial charge in [0, 0.05) is 22.3 Å². The van der Waals surface area contributed by atoms with Crippen LogP contribution < -0.4 is 14.2 Å². The quantitative estimate of drug-likeness (QED) is 0.260. The van der Waals surface area contributed by atoms with Crippen molar-refractivity contribution in [2.45, 2.75) is 98.2 Å². The number of aromatic hydroxyl groups is 1. The zero-order chi connectivity index (χ0) is 31.6. The molecule has 0 amide bonds. The van der Waals surface area contributed by atoms with Crippen LogP contribution in [0.2, 0.25) is 0 Å². The Hall–Kier alpha value is -3.62. The lowest BCUT2D eigenvalue weighted by Crippen LogP contribution is -2.36. The fourth-order valence-corrected chi connectivity index (χ4v) is 4.00. The minimum Gasteiger partial charge on any atom is -0.507 e. The molecule has 1 N–H and O–H groups in total. The summed E-state index contributed by atoms with van der Waals surface area (Å²) in [5, 5.41) is 11.5. The first kappa shape index (κ1) is 33.6. The third-order valence-corrected chi connectivity index (χ3v) is 6.00. The maximum atomic E-state index is 12.3. The molecule has 0 bridgehead atoms. The van der Waals surface area contributed by atoms with Gasteiger partial charge in [-0.25, -0.2) is 9.59 Å². The van der Waals surface area contributed by atoms with E-state index in [1.165, 1.54) is 0 Å². The number of hydrogen-bond donors (Lipinski definition) is 1. The normalized spacial score (nSPS) is 12.4. The number of phenols is 1. The van der Waals surface area contributed by atoms with Gasteiger partial charge < -0.3 is 33.5 Å². The molecular weight excluding hydrogens is 528 g/mol. The van der Waals surface area contributed by atoms with Crippen molar-refractivity contribution in [3.05, 3.63) is 35.4 Å². The van der Waals surface area contributed by atoms with Crippen LogP contribution in [0, 0.1) is 0 Å². The standard InChI is InChI=1S/C32H46O9/c1-29(2,3)23-16-19(36-12)14-21(25(23)33)22-15-20(37-13)17-24(30(4,5)6)26(22)38-18-32(10,11)41-28(35)39-27(34)40-31(7,8)9/h14-17,33H,18H2,1-13H3. The third-order valence-electron chi connectivity index (χ3n) is 6.00. The molecule has 0 aliphatic rings. The van der Waals surface area contributed by atoms with E-state index in [1.807, 2.05) is 53.7 Å². The van der Waals surface area contributed by atoms with Gasteiger partial charge >= 0.3 is 12.3 Å². The van der Waals surface area contributed by atoms with Gasteiger partial charge in [-0.2, -0.15) is 0 Å². The SMILES string of the molecule is COc1cc(-c2cc(OC)cc(C(C)(C)C)c2OCC(C)(C)OC(=O)OC(=O)OC(C)(C)C)c(O)c(C(C)(C)C)c1. The van der Waals surface area contributed by atoms with Crippen LogP contribution in [0.1, 0.15) is 87.3 Å². The van der Waals surface area contributed by atoms with Crippen LogP contribution >= 0.6 is 0 Å². The summed E-state index contributed by atoms with van der Waals surface area (Å²) in [7, 11) is 3.15. The van der Waals surface area contributed by atoms with Crippen molar-refractivity contribution in [2.75, 3.05) is 20.8 Å². The van der Waals surface area contributed by atoms with E-state index in [2.05, 4.69) is 4.74 Å². The predicted octanol–water partition coefficient (Wildman–Crippen LogP) is 7.92. The summed E-state index contributed by atoms with van der Waals surface area (Å²) in [6.07, 6.45) is -2.37. The summed E-state index contributed by atoms with van der Waals surface area (Å²) in [5.74, 6) is 1.71. The second kappa shape index (κ2) is 12.1. The molecule has 0 atom stereocenters. The van der Waals surface area contributed by atoms with Crippen molar-refractivity contribution in [1.82, 2.24) is 0 Å². The summed E-state index contributed by atoms with van der Waals surface area (Å²) in [4.78, 5) is 24.3. The zero-order valence-corrected chi connectivity index (χ0v) is 26.7. The molecule has 2 aromatic carbocycles. The number of benzene rings is 2. The highest BCUT2D eigenvalue weighted by Gasteiger charge is 2.32. The van der Waals surface area contributed by atoms with Crippen LogP contribution in [-0.2, 0) is 25.0 Å². The lowest BCUT2D eigenvalue weighted by Gasteiger charge is -2.30. The van der Waals surface area contributed by atoms with E-state index in [1.54, 1.807) is 61.0 Å². The lowest BCUT2D eigenvalue weighted by molar-refractivity contribution is -0.0470. The van der Waals surface area contributed by atoms with E-state index in [0.29, 0.717) is 33.9 Å². The van der Waals surface area contributed by atoms with Gasteiger partial charge in [0.1, 0.15) is 40.8 Å². The molecule has 2 rings (SSSR count). The van der Waals surface area contributed by atoms with Crippen LogP contribution in [0.25, 0.3) is 11.1 Å². The van der Waals surface area contributed by atoms with Crippen molar-refractivity contribution in [3.63, 3.8) is 0 Å². The number of rotatable bonds is 7. The molecule has 0 spiro atoms. The summed E-state index contributed by atoms with van der Waals surface area (Å²) in [6, 6.07) is 7.23. The highest BCUT2D eigenvalue weighted by molar-refractivity contribution is 5.81. The highest BCUT2D eigenvalue weighted by Crippen LogP contribution is 2.48. The number of carbonyl (C=O) groups excluding carboxylic acids is 2. The zero-order valence-electron chi connectivity index (χ0n) is 26.7. The maximum Gasteiger partial charge on any atom is 0.519 e. The molecule has 0 aromatic heterocycles. The first-order valence-corrected chi connectivity index (χ1v) is 13.5. The highest BCUT2D eigenvalue weighted by atomic mass is 16.8. The maximum absolute atomic E-state index is 12.3. The fraction of sp³-hybridized carbons (Fsp3) is 0.562. The van der Waals surface area contributed by atoms with Crippen LogP contribution in [-0.4, -0.2) is 49.4 Å². The summed E-state index contributed by atoms with van der Waals surface area (Å²) < 4.78 is 32.7. The second-order valence-corrected chi connectivity index (χ2v) is 13.6. The first-order valence-electron chi connectivity index (χ1n) is 13.5. The van der Waals surface area contributed by atoms with E-state index in [4.69, 9.17) is 23.7 Å². The van der Waals surface area contributed by atoms with Crippen molar-refractivity contribution < 1.29 is 43.1 Å². The average Bonchev–Trinajstić information content (AvgIpc) is 2.79. The minimum absolute atomic E-state index is 0.0905. The number of phenolic OH excluding ortho intramolecular Hbond substituents is 1. The minimum atomic E-state index is -1.21.